The topological polar surface area (TPSA) is 18.5 Å². The van der Waals surface area contributed by atoms with Crippen LogP contribution < -0.4 is 0 Å². The zero-order chi connectivity index (χ0) is 20.5. The number of allylic oxidation sites excluding steroid dienone is 4. The second-order valence-electron chi connectivity index (χ2n) is 11.6. The summed E-state index contributed by atoms with van der Waals surface area (Å²) in [6.07, 6.45) is 22.9. The highest BCUT2D eigenvalue weighted by molar-refractivity contribution is 5.29. The normalized spacial score (nSPS) is 37.2. The van der Waals surface area contributed by atoms with Crippen molar-refractivity contribution in [1.82, 2.24) is 0 Å². The van der Waals surface area contributed by atoms with E-state index in [1.807, 2.05) is 0 Å². The summed E-state index contributed by atoms with van der Waals surface area (Å²) in [4.78, 5) is 0. The maximum Gasteiger partial charge on any atom is 0.0844 e. The zero-order valence-corrected chi connectivity index (χ0v) is 19.4. The van der Waals surface area contributed by atoms with Gasteiger partial charge in [-0.2, -0.15) is 0 Å². The first-order valence-electron chi connectivity index (χ1n) is 11.8. The molecule has 3 rings (SSSR count). The Labute approximate surface area is 174 Å². The van der Waals surface area contributed by atoms with Crippen LogP contribution in [-0.2, 0) is 9.47 Å². The van der Waals surface area contributed by atoms with E-state index in [-0.39, 0.29) is 23.4 Å². The molecular formula is C26H44O2. The molecule has 0 aliphatic heterocycles. The Balaban J connectivity index is 1.75. The minimum Gasteiger partial charge on any atom is -0.370 e. The summed E-state index contributed by atoms with van der Waals surface area (Å²) < 4.78 is 13.1. The fourth-order valence-electron chi connectivity index (χ4n) is 5.85. The van der Waals surface area contributed by atoms with E-state index in [2.05, 4.69) is 65.8 Å². The molecule has 1 saturated carbocycles. The first kappa shape index (κ1) is 22.1. The van der Waals surface area contributed by atoms with E-state index in [9.17, 15) is 0 Å². The largest absolute Gasteiger partial charge is 0.370 e. The lowest BCUT2D eigenvalue weighted by Crippen LogP contribution is -2.42. The second kappa shape index (κ2) is 8.26. The van der Waals surface area contributed by atoms with E-state index in [0.717, 1.165) is 12.8 Å². The van der Waals surface area contributed by atoms with Crippen LogP contribution >= 0.6 is 0 Å². The molecule has 0 radical (unpaired) electrons. The van der Waals surface area contributed by atoms with Crippen molar-refractivity contribution in [3.05, 3.63) is 24.3 Å². The SMILES string of the molecule is CC(C)(C)O[C@@H]1CCCCC23C=CCC2(C=CC3)CCCC[C@H]1OC(C)(C)C. The third kappa shape index (κ3) is 5.11. The molecule has 3 aliphatic carbocycles. The Morgan fingerprint density at radius 1 is 0.643 bits per heavy atom. The van der Waals surface area contributed by atoms with Gasteiger partial charge in [-0.1, -0.05) is 50.0 Å². The zero-order valence-electron chi connectivity index (χ0n) is 19.4. The van der Waals surface area contributed by atoms with E-state index < -0.39 is 0 Å². The van der Waals surface area contributed by atoms with Crippen molar-refractivity contribution in [1.29, 1.82) is 0 Å². The van der Waals surface area contributed by atoms with Gasteiger partial charge in [0, 0.05) is 10.8 Å². The Bertz CT molecular complexity index is 524. The summed E-state index contributed by atoms with van der Waals surface area (Å²) >= 11 is 0. The minimum atomic E-state index is -0.126. The van der Waals surface area contributed by atoms with E-state index in [0.29, 0.717) is 10.8 Å². The van der Waals surface area contributed by atoms with Crippen molar-refractivity contribution in [3.8, 4) is 0 Å². The van der Waals surface area contributed by atoms with Gasteiger partial charge in [0.1, 0.15) is 0 Å². The third-order valence-electron chi connectivity index (χ3n) is 6.98. The highest BCUT2D eigenvalue weighted by atomic mass is 16.6. The van der Waals surface area contributed by atoms with Crippen LogP contribution in [0.2, 0.25) is 0 Å². The van der Waals surface area contributed by atoms with Crippen molar-refractivity contribution >= 4 is 0 Å². The van der Waals surface area contributed by atoms with Gasteiger partial charge in [0.15, 0.2) is 0 Å². The lowest BCUT2D eigenvalue weighted by molar-refractivity contribution is -0.167. The number of hydrogen-bond donors (Lipinski definition) is 0. The molecule has 0 aromatic rings. The molecule has 0 N–H and O–H groups in total. The molecule has 0 spiro atoms. The van der Waals surface area contributed by atoms with Gasteiger partial charge in [-0.3, -0.25) is 0 Å². The van der Waals surface area contributed by atoms with Crippen LogP contribution in [-0.4, -0.2) is 23.4 Å². The molecular weight excluding hydrogens is 344 g/mol. The molecule has 160 valence electrons. The van der Waals surface area contributed by atoms with Gasteiger partial charge in [-0.25, -0.2) is 0 Å². The Kier molecular flexibility index (Phi) is 6.52. The molecule has 0 amide bonds. The summed E-state index contributed by atoms with van der Waals surface area (Å²) in [5.41, 5.74) is 0.568. The smallest absolute Gasteiger partial charge is 0.0844 e. The van der Waals surface area contributed by atoms with Crippen molar-refractivity contribution in [3.63, 3.8) is 0 Å². The van der Waals surface area contributed by atoms with Gasteiger partial charge in [0.25, 0.3) is 0 Å². The molecule has 0 aromatic heterocycles. The van der Waals surface area contributed by atoms with Crippen LogP contribution in [0.1, 0.15) is 106 Å². The van der Waals surface area contributed by atoms with Crippen LogP contribution in [0, 0.1) is 10.8 Å². The van der Waals surface area contributed by atoms with Crippen LogP contribution in [0.25, 0.3) is 0 Å². The fraction of sp³-hybridized carbons (Fsp3) is 0.846. The molecule has 28 heavy (non-hydrogen) atoms. The van der Waals surface area contributed by atoms with Crippen molar-refractivity contribution in [2.75, 3.05) is 0 Å². The van der Waals surface area contributed by atoms with Crippen molar-refractivity contribution in [2.45, 2.75) is 129 Å². The average molecular weight is 389 g/mol. The predicted molar refractivity (Wildman–Crippen MR) is 119 cm³/mol. The van der Waals surface area contributed by atoms with Gasteiger partial charge in [0.05, 0.1) is 23.4 Å². The summed E-state index contributed by atoms with van der Waals surface area (Å²) in [5.74, 6) is 0. The summed E-state index contributed by atoms with van der Waals surface area (Å²) in [6.45, 7) is 13.1. The summed E-state index contributed by atoms with van der Waals surface area (Å²) in [6, 6.07) is 0. The molecule has 0 heterocycles. The molecule has 0 aromatic carbocycles. The second-order valence-corrected chi connectivity index (χ2v) is 11.6. The summed E-state index contributed by atoms with van der Waals surface area (Å²) in [7, 11) is 0. The van der Waals surface area contributed by atoms with Crippen molar-refractivity contribution < 1.29 is 9.47 Å². The van der Waals surface area contributed by atoms with Crippen LogP contribution in [0.3, 0.4) is 0 Å². The van der Waals surface area contributed by atoms with Crippen LogP contribution in [0.15, 0.2) is 24.3 Å². The van der Waals surface area contributed by atoms with E-state index >= 15 is 0 Å². The lowest BCUT2D eigenvalue weighted by atomic mass is 9.62. The number of rotatable bonds is 2. The Morgan fingerprint density at radius 3 is 1.39 bits per heavy atom. The fourth-order valence-corrected chi connectivity index (χ4v) is 5.85. The summed E-state index contributed by atoms with van der Waals surface area (Å²) in [5, 5.41) is 0. The van der Waals surface area contributed by atoms with Crippen LogP contribution in [0.4, 0.5) is 0 Å². The number of hydrogen-bond acceptors (Lipinski definition) is 2. The minimum absolute atomic E-state index is 0.126. The Hall–Kier alpha value is -0.600. The quantitative estimate of drug-likeness (QED) is 0.459. The molecule has 0 bridgehead atoms. The highest BCUT2D eigenvalue weighted by Crippen LogP contribution is 2.61. The van der Waals surface area contributed by atoms with Gasteiger partial charge in [-0.15, -0.1) is 0 Å². The monoisotopic (exact) mass is 388 g/mol. The van der Waals surface area contributed by atoms with Gasteiger partial charge in [-0.05, 0) is 80.1 Å². The standard InChI is InChI=1S/C26H44O2/c1-23(2,3)27-21-13-7-9-15-25-17-11-19-26(25,20-12-18-25)16-10-8-14-22(21)28-24(4,5)6/h11-12,17,20-22H,7-10,13-16,18-19H2,1-6H3/t21-,22-,25?,26?/m1/s1. The third-order valence-corrected chi connectivity index (χ3v) is 6.98. The molecule has 2 unspecified atom stereocenters. The van der Waals surface area contributed by atoms with E-state index in [4.69, 9.17) is 9.47 Å². The molecule has 4 atom stereocenters. The average Bonchev–Trinajstić information content (AvgIpc) is 3.05. The molecule has 2 heteroatoms. The van der Waals surface area contributed by atoms with Gasteiger partial charge < -0.3 is 9.47 Å². The van der Waals surface area contributed by atoms with Crippen molar-refractivity contribution in [2.24, 2.45) is 10.8 Å². The first-order valence-corrected chi connectivity index (χ1v) is 11.8. The Morgan fingerprint density at radius 2 is 1.04 bits per heavy atom. The maximum atomic E-state index is 6.56. The highest BCUT2D eigenvalue weighted by Gasteiger charge is 2.51. The molecule has 2 nitrogen and oxygen atoms in total. The first-order chi connectivity index (χ1) is 13.0. The van der Waals surface area contributed by atoms with E-state index in [1.165, 1.54) is 51.4 Å². The van der Waals surface area contributed by atoms with Crippen LogP contribution in [0.5, 0.6) is 0 Å². The lowest BCUT2D eigenvalue weighted by Gasteiger charge is -2.42. The molecule has 1 fully saturated rings. The maximum absolute atomic E-state index is 6.56. The van der Waals surface area contributed by atoms with E-state index in [1.54, 1.807) is 0 Å². The molecule has 0 saturated heterocycles. The van der Waals surface area contributed by atoms with Gasteiger partial charge in [0.2, 0.25) is 0 Å². The van der Waals surface area contributed by atoms with Gasteiger partial charge >= 0.3 is 0 Å². The predicted octanol–water partition coefficient (Wildman–Crippen LogP) is 7.38. The molecule has 3 aliphatic rings. The number of ether oxygens (including phenoxy) is 2.